The number of nitrogens with one attached hydrogen (secondary N) is 2. The standard InChI is InChI=1S/C17H24N2S2/c1-11(12-9-10-12)18-17-16(21-19-13-5-4-6-13)14-7-2-3-8-15(14)20-17/h12-13,18-19H,1-10H2. The molecular formula is C17H24N2S2. The highest BCUT2D eigenvalue weighted by molar-refractivity contribution is 7.97. The summed E-state index contributed by atoms with van der Waals surface area (Å²) in [5, 5.41) is 5.01. The maximum absolute atomic E-state index is 4.25. The molecule has 3 aliphatic rings. The van der Waals surface area contributed by atoms with Crippen molar-refractivity contribution in [3.63, 3.8) is 0 Å². The zero-order chi connectivity index (χ0) is 14.2. The Kier molecular flexibility index (Phi) is 4.03. The third kappa shape index (κ3) is 3.03. The van der Waals surface area contributed by atoms with E-state index in [0.717, 1.165) is 12.0 Å². The Bertz CT molecular complexity index is 541. The molecule has 21 heavy (non-hydrogen) atoms. The van der Waals surface area contributed by atoms with Crippen LogP contribution in [0.4, 0.5) is 5.00 Å². The SMILES string of the molecule is C=C(Nc1sc2c(c1SNC1CCC1)CCCC2)C1CC1. The Hall–Kier alpha value is -0.450. The van der Waals surface area contributed by atoms with Crippen LogP contribution in [0.1, 0.15) is 55.4 Å². The average Bonchev–Trinajstić information content (AvgIpc) is 3.22. The lowest BCUT2D eigenvalue weighted by atomic mass is 9.94. The minimum atomic E-state index is 0.724. The van der Waals surface area contributed by atoms with Gasteiger partial charge in [-0.1, -0.05) is 13.0 Å². The van der Waals surface area contributed by atoms with Crippen LogP contribution < -0.4 is 10.0 Å². The lowest BCUT2D eigenvalue weighted by Gasteiger charge is -2.26. The number of thiophene rings is 1. The third-order valence-electron chi connectivity index (χ3n) is 4.90. The van der Waals surface area contributed by atoms with E-state index in [9.17, 15) is 0 Å². The molecule has 2 saturated carbocycles. The van der Waals surface area contributed by atoms with E-state index in [1.54, 1.807) is 10.4 Å². The van der Waals surface area contributed by atoms with Gasteiger partial charge in [-0.25, -0.2) is 0 Å². The van der Waals surface area contributed by atoms with Gasteiger partial charge in [0.1, 0.15) is 5.00 Å². The van der Waals surface area contributed by atoms with Gasteiger partial charge in [-0.3, -0.25) is 4.72 Å². The molecule has 114 valence electrons. The molecule has 0 spiro atoms. The quantitative estimate of drug-likeness (QED) is 0.712. The average molecular weight is 321 g/mol. The highest BCUT2D eigenvalue weighted by Crippen LogP contribution is 2.45. The maximum Gasteiger partial charge on any atom is 0.108 e. The molecule has 4 rings (SSSR count). The summed E-state index contributed by atoms with van der Waals surface area (Å²) in [6, 6.07) is 0.730. The van der Waals surface area contributed by atoms with Gasteiger partial charge >= 0.3 is 0 Å². The Morgan fingerprint density at radius 1 is 1.10 bits per heavy atom. The summed E-state index contributed by atoms with van der Waals surface area (Å²) in [6.07, 6.45) is 12.0. The number of hydrogen-bond acceptors (Lipinski definition) is 4. The van der Waals surface area contributed by atoms with E-state index in [2.05, 4.69) is 16.6 Å². The molecule has 1 aromatic rings. The van der Waals surface area contributed by atoms with E-state index >= 15 is 0 Å². The van der Waals surface area contributed by atoms with Crippen molar-refractivity contribution in [3.05, 3.63) is 22.7 Å². The Labute approximate surface area is 135 Å². The largest absolute Gasteiger partial charge is 0.350 e. The Morgan fingerprint density at radius 2 is 1.90 bits per heavy atom. The van der Waals surface area contributed by atoms with Crippen molar-refractivity contribution >= 4 is 28.3 Å². The van der Waals surface area contributed by atoms with Gasteiger partial charge in [-0.15, -0.1) is 11.3 Å². The van der Waals surface area contributed by atoms with Gasteiger partial charge in [0.25, 0.3) is 0 Å². The first kappa shape index (κ1) is 14.2. The van der Waals surface area contributed by atoms with Crippen LogP contribution in [0.2, 0.25) is 0 Å². The number of rotatable bonds is 6. The fourth-order valence-corrected chi connectivity index (χ4v) is 5.62. The van der Waals surface area contributed by atoms with Gasteiger partial charge in [-0.05, 0) is 74.8 Å². The molecule has 4 heteroatoms. The molecule has 2 nitrogen and oxygen atoms in total. The van der Waals surface area contributed by atoms with E-state index in [0.29, 0.717) is 0 Å². The van der Waals surface area contributed by atoms with Crippen LogP contribution in [0, 0.1) is 5.92 Å². The van der Waals surface area contributed by atoms with Crippen molar-refractivity contribution in [2.75, 3.05) is 5.32 Å². The first-order valence-corrected chi connectivity index (χ1v) is 9.97. The van der Waals surface area contributed by atoms with Gasteiger partial charge in [0.2, 0.25) is 0 Å². The van der Waals surface area contributed by atoms with Gasteiger partial charge in [0.15, 0.2) is 0 Å². The predicted molar refractivity (Wildman–Crippen MR) is 93.1 cm³/mol. The number of fused-ring (bicyclic) bond motifs is 1. The first-order chi connectivity index (χ1) is 10.3. The molecule has 0 aliphatic heterocycles. The zero-order valence-corrected chi connectivity index (χ0v) is 14.2. The van der Waals surface area contributed by atoms with Crippen molar-refractivity contribution in [1.82, 2.24) is 4.72 Å². The van der Waals surface area contributed by atoms with Crippen LogP contribution in [0.3, 0.4) is 0 Å². The number of hydrogen-bond donors (Lipinski definition) is 2. The maximum atomic E-state index is 4.25. The number of aryl methyl sites for hydroxylation is 1. The first-order valence-electron chi connectivity index (χ1n) is 8.34. The third-order valence-corrected chi connectivity index (χ3v) is 7.34. The van der Waals surface area contributed by atoms with Crippen molar-refractivity contribution < 1.29 is 0 Å². The van der Waals surface area contributed by atoms with Crippen LogP contribution in [-0.4, -0.2) is 6.04 Å². The molecule has 0 saturated heterocycles. The van der Waals surface area contributed by atoms with Crippen LogP contribution in [0.15, 0.2) is 17.2 Å². The van der Waals surface area contributed by atoms with Crippen molar-refractivity contribution in [1.29, 1.82) is 0 Å². The monoisotopic (exact) mass is 320 g/mol. The molecule has 0 bridgehead atoms. The van der Waals surface area contributed by atoms with E-state index < -0.39 is 0 Å². The normalized spacial score (nSPS) is 21.7. The van der Waals surface area contributed by atoms with E-state index in [-0.39, 0.29) is 0 Å². The molecule has 0 aromatic carbocycles. The van der Waals surface area contributed by atoms with Gasteiger partial charge in [0, 0.05) is 16.6 Å². The second-order valence-electron chi connectivity index (χ2n) is 6.64. The highest BCUT2D eigenvalue weighted by atomic mass is 32.2. The molecule has 1 heterocycles. The van der Waals surface area contributed by atoms with Crippen LogP contribution >= 0.6 is 23.3 Å². The molecule has 2 fully saturated rings. The molecule has 2 N–H and O–H groups in total. The van der Waals surface area contributed by atoms with E-state index in [4.69, 9.17) is 0 Å². The van der Waals surface area contributed by atoms with Gasteiger partial charge in [0.05, 0.1) is 4.90 Å². The Balaban J connectivity index is 1.53. The lowest BCUT2D eigenvalue weighted by Crippen LogP contribution is -2.30. The molecule has 3 aliphatic carbocycles. The summed E-state index contributed by atoms with van der Waals surface area (Å²) in [5.74, 6) is 0.724. The van der Waals surface area contributed by atoms with Crippen LogP contribution in [0.25, 0.3) is 0 Å². The van der Waals surface area contributed by atoms with Crippen molar-refractivity contribution in [3.8, 4) is 0 Å². The second kappa shape index (κ2) is 5.98. The van der Waals surface area contributed by atoms with E-state index in [1.807, 2.05) is 23.3 Å². The minimum absolute atomic E-state index is 0.724. The summed E-state index contributed by atoms with van der Waals surface area (Å²) in [4.78, 5) is 3.09. The molecule has 0 atom stereocenters. The van der Waals surface area contributed by atoms with Crippen LogP contribution in [-0.2, 0) is 12.8 Å². The molecular weight excluding hydrogens is 296 g/mol. The topological polar surface area (TPSA) is 24.1 Å². The highest BCUT2D eigenvalue weighted by Gasteiger charge is 2.28. The Morgan fingerprint density at radius 3 is 2.62 bits per heavy atom. The predicted octanol–water partition coefficient (Wildman–Crippen LogP) is 5.11. The molecule has 0 unspecified atom stereocenters. The van der Waals surface area contributed by atoms with Crippen LogP contribution in [0.5, 0.6) is 0 Å². The lowest BCUT2D eigenvalue weighted by molar-refractivity contribution is 0.395. The molecule has 0 amide bonds. The molecule has 0 radical (unpaired) electrons. The van der Waals surface area contributed by atoms with Crippen molar-refractivity contribution in [2.24, 2.45) is 5.92 Å². The summed E-state index contributed by atoms with van der Waals surface area (Å²) in [7, 11) is 0. The summed E-state index contributed by atoms with van der Waals surface area (Å²) >= 11 is 3.86. The van der Waals surface area contributed by atoms with E-state index in [1.165, 1.54) is 73.4 Å². The van der Waals surface area contributed by atoms with Gasteiger partial charge < -0.3 is 5.32 Å². The molecule has 1 aromatic heterocycles. The smallest absolute Gasteiger partial charge is 0.108 e. The van der Waals surface area contributed by atoms with Crippen molar-refractivity contribution in [2.45, 2.75) is 68.7 Å². The fourth-order valence-electron chi connectivity index (χ4n) is 3.08. The van der Waals surface area contributed by atoms with Gasteiger partial charge in [-0.2, -0.15) is 0 Å². The summed E-state index contributed by atoms with van der Waals surface area (Å²) in [6.45, 7) is 4.25. The number of allylic oxidation sites excluding steroid dienone is 1. The minimum Gasteiger partial charge on any atom is -0.350 e. The number of anilines is 1. The second-order valence-corrected chi connectivity index (χ2v) is 8.59. The summed E-state index contributed by atoms with van der Waals surface area (Å²) < 4.78 is 3.68. The fraction of sp³-hybridized carbons (Fsp3) is 0.647. The summed E-state index contributed by atoms with van der Waals surface area (Å²) in [5.41, 5.74) is 2.85. The zero-order valence-electron chi connectivity index (χ0n) is 12.5.